The molecule has 126 valence electrons. The lowest BCUT2D eigenvalue weighted by atomic mass is 10.2. The number of methoxy groups -OCH3 is 1. The van der Waals surface area contributed by atoms with Crippen LogP contribution in [0.1, 0.15) is 34.6 Å². The minimum atomic E-state index is -0.242. The molecule has 1 aliphatic heterocycles. The van der Waals surface area contributed by atoms with Crippen LogP contribution in [0.4, 0.5) is 11.6 Å². The monoisotopic (exact) mass is 327 g/mol. The van der Waals surface area contributed by atoms with Crippen molar-refractivity contribution >= 4 is 17.5 Å². The smallest absolute Gasteiger partial charge is 0.257 e. The average Bonchev–Trinajstić information content (AvgIpc) is 3.12. The molecule has 0 atom stereocenters. The number of hydrogen-bond donors (Lipinski definition) is 1. The first kappa shape index (κ1) is 16.2. The third-order valence-corrected chi connectivity index (χ3v) is 4.09. The Bertz CT molecular complexity index is 716. The Kier molecular flexibility index (Phi) is 4.59. The van der Waals surface area contributed by atoms with Gasteiger partial charge in [0.2, 0.25) is 11.8 Å². The van der Waals surface area contributed by atoms with Crippen LogP contribution >= 0.6 is 0 Å². The third kappa shape index (κ3) is 3.29. The Balaban J connectivity index is 1.79. The van der Waals surface area contributed by atoms with Crippen LogP contribution in [0, 0.1) is 13.8 Å². The molecule has 1 fully saturated rings. The van der Waals surface area contributed by atoms with E-state index in [1.54, 1.807) is 12.1 Å². The fourth-order valence-corrected chi connectivity index (χ4v) is 2.76. The highest BCUT2D eigenvalue weighted by Gasteiger charge is 2.18. The van der Waals surface area contributed by atoms with E-state index in [0.717, 1.165) is 30.4 Å². The van der Waals surface area contributed by atoms with Gasteiger partial charge in [-0.15, -0.1) is 0 Å². The van der Waals surface area contributed by atoms with Crippen LogP contribution < -0.4 is 15.0 Å². The molecule has 1 saturated heterocycles. The number of ether oxygens (including phenoxy) is 1. The van der Waals surface area contributed by atoms with Crippen molar-refractivity contribution in [1.82, 2.24) is 15.0 Å². The fraction of sp³-hybridized carbons (Fsp3) is 0.412. The van der Waals surface area contributed by atoms with Gasteiger partial charge in [-0.1, -0.05) is 0 Å². The van der Waals surface area contributed by atoms with E-state index in [0.29, 0.717) is 17.1 Å². The minimum absolute atomic E-state index is 0.242. The van der Waals surface area contributed by atoms with Gasteiger partial charge < -0.3 is 15.0 Å². The van der Waals surface area contributed by atoms with Gasteiger partial charge in [-0.2, -0.15) is 0 Å². The zero-order chi connectivity index (χ0) is 17.1. The van der Waals surface area contributed by atoms with Crippen molar-refractivity contribution < 1.29 is 9.53 Å². The van der Waals surface area contributed by atoms with E-state index in [1.807, 2.05) is 13.8 Å². The van der Waals surface area contributed by atoms with E-state index in [9.17, 15) is 4.79 Å². The molecule has 3 rings (SSSR count). The van der Waals surface area contributed by atoms with Crippen molar-refractivity contribution in [2.75, 3.05) is 30.4 Å². The van der Waals surface area contributed by atoms with Crippen molar-refractivity contribution in [2.45, 2.75) is 26.7 Å². The maximum atomic E-state index is 12.4. The van der Waals surface area contributed by atoms with Crippen LogP contribution in [-0.2, 0) is 0 Å². The van der Waals surface area contributed by atoms with E-state index in [1.165, 1.54) is 26.1 Å². The predicted octanol–water partition coefficient (Wildman–Crippen LogP) is 2.35. The number of anilines is 2. The summed E-state index contributed by atoms with van der Waals surface area (Å²) in [4.78, 5) is 27.7. The Labute approximate surface area is 141 Å². The normalized spacial score (nSPS) is 13.9. The number of nitrogens with zero attached hydrogens (tertiary/aromatic N) is 4. The quantitative estimate of drug-likeness (QED) is 0.928. The minimum Gasteiger partial charge on any atom is -0.481 e. The van der Waals surface area contributed by atoms with E-state index >= 15 is 0 Å². The molecule has 2 aromatic heterocycles. The Morgan fingerprint density at radius 1 is 1.17 bits per heavy atom. The molecular weight excluding hydrogens is 306 g/mol. The summed E-state index contributed by atoms with van der Waals surface area (Å²) < 4.78 is 5.00. The van der Waals surface area contributed by atoms with Crippen molar-refractivity contribution in [3.05, 3.63) is 35.3 Å². The lowest BCUT2D eigenvalue weighted by Crippen LogP contribution is -2.22. The third-order valence-electron chi connectivity index (χ3n) is 4.09. The number of amides is 1. The molecule has 1 amide bonds. The predicted molar refractivity (Wildman–Crippen MR) is 91.7 cm³/mol. The molecule has 1 aliphatic rings. The lowest BCUT2D eigenvalue weighted by Gasteiger charge is -2.18. The maximum absolute atomic E-state index is 12.4. The van der Waals surface area contributed by atoms with E-state index in [-0.39, 0.29) is 5.91 Å². The highest BCUT2D eigenvalue weighted by molar-refractivity contribution is 6.04. The van der Waals surface area contributed by atoms with Crippen LogP contribution in [0.5, 0.6) is 5.88 Å². The fourth-order valence-electron chi connectivity index (χ4n) is 2.76. The molecule has 7 heteroatoms. The highest BCUT2D eigenvalue weighted by Crippen LogP contribution is 2.23. The number of carbonyl (C=O) groups excluding carboxylic acids is 1. The zero-order valence-corrected chi connectivity index (χ0v) is 14.2. The summed E-state index contributed by atoms with van der Waals surface area (Å²) in [7, 11) is 1.54. The topological polar surface area (TPSA) is 80.2 Å². The van der Waals surface area contributed by atoms with Gasteiger partial charge in [0.25, 0.3) is 5.91 Å². The van der Waals surface area contributed by atoms with E-state index < -0.39 is 0 Å². The van der Waals surface area contributed by atoms with Gasteiger partial charge in [0.15, 0.2) is 0 Å². The number of carbonyl (C=O) groups is 1. The number of pyridine rings is 1. The van der Waals surface area contributed by atoms with Crippen molar-refractivity contribution in [2.24, 2.45) is 0 Å². The molecule has 0 unspecified atom stereocenters. The second kappa shape index (κ2) is 6.82. The molecule has 1 N–H and O–H groups in total. The second-order valence-corrected chi connectivity index (χ2v) is 5.81. The first-order valence-electron chi connectivity index (χ1n) is 8.00. The Morgan fingerprint density at radius 2 is 1.83 bits per heavy atom. The molecule has 7 nitrogen and oxygen atoms in total. The van der Waals surface area contributed by atoms with Gasteiger partial charge in [0.1, 0.15) is 0 Å². The van der Waals surface area contributed by atoms with Gasteiger partial charge in [-0.05, 0) is 32.8 Å². The van der Waals surface area contributed by atoms with Gasteiger partial charge in [0, 0.05) is 25.4 Å². The van der Waals surface area contributed by atoms with Gasteiger partial charge >= 0.3 is 0 Å². The van der Waals surface area contributed by atoms with Crippen molar-refractivity contribution in [3.63, 3.8) is 0 Å². The van der Waals surface area contributed by atoms with Crippen LogP contribution in [0.3, 0.4) is 0 Å². The van der Waals surface area contributed by atoms with Gasteiger partial charge in [-0.25, -0.2) is 15.0 Å². The summed E-state index contributed by atoms with van der Waals surface area (Å²) in [6.45, 7) is 5.75. The number of aromatic nitrogens is 3. The molecule has 2 aromatic rings. The molecule has 0 aliphatic carbocycles. The van der Waals surface area contributed by atoms with E-state index in [4.69, 9.17) is 4.74 Å². The average molecular weight is 327 g/mol. The summed E-state index contributed by atoms with van der Waals surface area (Å²) in [5, 5.41) is 2.89. The molecule has 0 aromatic carbocycles. The van der Waals surface area contributed by atoms with Crippen LogP contribution in [0.25, 0.3) is 0 Å². The number of nitrogens with one attached hydrogen (secondary N) is 1. The number of rotatable bonds is 4. The molecule has 0 bridgehead atoms. The second-order valence-electron chi connectivity index (χ2n) is 5.81. The van der Waals surface area contributed by atoms with E-state index in [2.05, 4.69) is 25.2 Å². The molecule has 0 spiro atoms. The molecule has 24 heavy (non-hydrogen) atoms. The first-order chi connectivity index (χ1) is 11.6. The summed E-state index contributed by atoms with van der Waals surface area (Å²) >= 11 is 0. The Morgan fingerprint density at radius 3 is 2.38 bits per heavy atom. The molecule has 3 heterocycles. The Hall–Kier alpha value is -2.70. The molecule has 0 radical (unpaired) electrons. The zero-order valence-electron chi connectivity index (χ0n) is 14.2. The standard InChI is InChI=1S/C17H21N5O2/c1-11-15(12(2)20-17(19-11)22-8-4-5-9-22)21-16(23)13-6-7-14(24-3)18-10-13/h6-7,10H,4-5,8-9H2,1-3H3,(H,21,23). The highest BCUT2D eigenvalue weighted by atomic mass is 16.5. The van der Waals surface area contributed by atoms with Gasteiger partial charge in [-0.3, -0.25) is 4.79 Å². The van der Waals surface area contributed by atoms with Crippen LogP contribution in [-0.4, -0.2) is 41.1 Å². The summed E-state index contributed by atoms with van der Waals surface area (Å²) in [5.74, 6) is 0.970. The SMILES string of the molecule is COc1ccc(C(=O)Nc2c(C)nc(N3CCCC3)nc2C)cn1. The van der Waals surface area contributed by atoms with Gasteiger partial charge in [0.05, 0.1) is 29.7 Å². The maximum Gasteiger partial charge on any atom is 0.257 e. The summed E-state index contributed by atoms with van der Waals surface area (Å²) in [6, 6.07) is 3.33. The largest absolute Gasteiger partial charge is 0.481 e. The van der Waals surface area contributed by atoms with Crippen LogP contribution in [0.15, 0.2) is 18.3 Å². The van der Waals surface area contributed by atoms with Crippen molar-refractivity contribution in [3.8, 4) is 5.88 Å². The summed E-state index contributed by atoms with van der Waals surface area (Å²) in [5.41, 5.74) is 2.63. The molecular formula is C17H21N5O2. The molecule has 0 saturated carbocycles. The van der Waals surface area contributed by atoms with Crippen molar-refractivity contribution in [1.29, 1.82) is 0 Å². The number of hydrogen-bond acceptors (Lipinski definition) is 6. The number of aryl methyl sites for hydroxylation is 2. The van der Waals surface area contributed by atoms with Crippen LogP contribution in [0.2, 0.25) is 0 Å². The lowest BCUT2D eigenvalue weighted by molar-refractivity contribution is 0.102. The summed E-state index contributed by atoms with van der Waals surface area (Å²) in [6.07, 6.45) is 3.83. The first-order valence-corrected chi connectivity index (χ1v) is 8.00.